The van der Waals surface area contributed by atoms with E-state index in [1.165, 1.54) is 31.4 Å². The van der Waals surface area contributed by atoms with Gasteiger partial charge in [-0.15, -0.1) is 13.2 Å². The van der Waals surface area contributed by atoms with E-state index in [9.17, 15) is 26.3 Å². The Morgan fingerprint density at radius 3 is 2.11 bits per heavy atom. The van der Waals surface area contributed by atoms with Crippen LogP contribution in [-0.2, 0) is 4.74 Å². The Kier molecular flexibility index (Phi) is 7.99. The molecule has 2 unspecified atom stereocenters. The fraction of sp³-hybridized carbons (Fsp3) is 0.556. The van der Waals surface area contributed by atoms with Crippen molar-refractivity contribution >= 4 is 0 Å². The van der Waals surface area contributed by atoms with E-state index in [1.54, 1.807) is 6.07 Å². The minimum absolute atomic E-state index is 0.0870. The van der Waals surface area contributed by atoms with E-state index in [1.807, 2.05) is 0 Å². The molecule has 1 heterocycles. The quantitative estimate of drug-likeness (QED) is 0.370. The molecule has 2 atom stereocenters. The highest BCUT2D eigenvalue weighted by Gasteiger charge is 2.35. The summed E-state index contributed by atoms with van der Waals surface area (Å²) in [5.41, 5.74) is 0.532. The fourth-order valence-electron chi connectivity index (χ4n) is 5.61. The lowest BCUT2D eigenvalue weighted by Crippen LogP contribution is -2.34. The van der Waals surface area contributed by atoms with Gasteiger partial charge in [-0.2, -0.15) is 0 Å². The second-order valence-electron chi connectivity index (χ2n) is 9.77. The van der Waals surface area contributed by atoms with Crippen LogP contribution in [0.4, 0.5) is 26.3 Å². The number of benzene rings is 2. The summed E-state index contributed by atoms with van der Waals surface area (Å²) < 4.78 is 89.7. The zero-order chi connectivity index (χ0) is 25.2. The second-order valence-corrected chi connectivity index (χ2v) is 9.77. The summed E-state index contributed by atoms with van der Waals surface area (Å²) in [4.78, 5) is 0. The lowest BCUT2D eigenvalue weighted by molar-refractivity contribution is -0.276. The molecule has 2 nitrogen and oxygen atoms in total. The summed E-state index contributed by atoms with van der Waals surface area (Å²) in [7, 11) is 0. The maximum absolute atomic E-state index is 14.9. The molecule has 1 aliphatic carbocycles. The van der Waals surface area contributed by atoms with Crippen molar-refractivity contribution in [3.63, 3.8) is 0 Å². The predicted molar refractivity (Wildman–Crippen MR) is 121 cm³/mol. The number of alkyl halides is 3. The SMILES string of the molecule is CCCC1CCC(C2CCC(c3ccc(-c4cc(F)c(OC(F)(F)F)c(F)c4)c(F)c3)CC2)OC1. The summed E-state index contributed by atoms with van der Waals surface area (Å²) in [6.07, 6.45) is 3.62. The van der Waals surface area contributed by atoms with Gasteiger partial charge in [0.2, 0.25) is 5.75 Å². The van der Waals surface area contributed by atoms with Crippen molar-refractivity contribution in [1.29, 1.82) is 0 Å². The van der Waals surface area contributed by atoms with Gasteiger partial charge in [0, 0.05) is 12.2 Å². The monoisotopic (exact) mass is 500 g/mol. The lowest BCUT2D eigenvalue weighted by atomic mass is 9.75. The Hall–Kier alpha value is -2.22. The van der Waals surface area contributed by atoms with E-state index >= 15 is 0 Å². The molecule has 0 N–H and O–H groups in total. The van der Waals surface area contributed by atoms with Crippen molar-refractivity contribution in [2.75, 3.05) is 6.61 Å². The van der Waals surface area contributed by atoms with Crippen LogP contribution in [0.15, 0.2) is 30.3 Å². The largest absolute Gasteiger partial charge is 0.573 e. The number of rotatable bonds is 6. The first-order valence-electron chi connectivity index (χ1n) is 12.3. The summed E-state index contributed by atoms with van der Waals surface area (Å²) in [6.45, 7) is 3.04. The summed E-state index contributed by atoms with van der Waals surface area (Å²) in [5, 5.41) is 0. The lowest BCUT2D eigenvalue weighted by Gasteiger charge is -2.38. The van der Waals surface area contributed by atoms with Gasteiger partial charge in [0.05, 0.1) is 6.10 Å². The van der Waals surface area contributed by atoms with Crippen LogP contribution >= 0.6 is 0 Å². The van der Waals surface area contributed by atoms with Crippen molar-refractivity contribution in [2.24, 2.45) is 11.8 Å². The van der Waals surface area contributed by atoms with E-state index in [0.717, 1.165) is 44.3 Å². The minimum atomic E-state index is -5.24. The van der Waals surface area contributed by atoms with Crippen molar-refractivity contribution < 1.29 is 35.8 Å². The standard InChI is InChI=1S/C27H30F6O2/c1-2-3-16-4-11-25(34-15-16)18-7-5-17(6-8-18)19-9-10-21(22(28)12-19)20-13-23(29)26(24(30)14-20)35-27(31,32)33/h9-10,12-14,16-18,25H,2-8,11,15H2,1H3. The van der Waals surface area contributed by atoms with Gasteiger partial charge < -0.3 is 9.47 Å². The maximum Gasteiger partial charge on any atom is 0.573 e. The van der Waals surface area contributed by atoms with Crippen LogP contribution < -0.4 is 4.74 Å². The Balaban J connectivity index is 1.40. The highest BCUT2D eigenvalue weighted by molar-refractivity contribution is 5.66. The van der Waals surface area contributed by atoms with Gasteiger partial charge in [-0.1, -0.05) is 25.5 Å². The van der Waals surface area contributed by atoms with Gasteiger partial charge in [0.1, 0.15) is 5.82 Å². The average Bonchev–Trinajstić information content (AvgIpc) is 2.81. The van der Waals surface area contributed by atoms with E-state index in [-0.39, 0.29) is 17.0 Å². The fourth-order valence-corrected chi connectivity index (χ4v) is 5.61. The Morgan fingerprint density at radius 2 is 1.57 bits per heavy atom. The second kappa shape index (κ2) is 10.8. The molecule has 2 aromatic rings. The first-order valence-corrected chi connectivity index (χ1v) is 12.3. The molecular weight excluding hydrogens is 470 g/mol. The predicted octanol–water partition coefficient (Wildman–Crippen LogP) is 8.54. The van der Waals surface area contributed by atoms with Gasteiger partial charge in [0.15, 0.2) is 11.6 Å². The normalized spacial score (nSPS) is 25.5. The summed E-state index contributed by atoms with van der Waals surface area (Å²) >= 11 is 0. The first kappa shape index (κ1) is 25.9. The Morgan fingerprint density at radius 1 is 0.886 bits per heavy atom. The van der Waals surface area contributed by atoms with Gasteiger partial charge in [0.25, 0.3) is 0 Å². The van der Waals surface area contributed by atoms with Crippen LogP contribution in [0, 0.1) is 29.3 Å². The van der Waals surface area contributed by atoms with Gasteiger partial charge in [-0.25, -0.2) is 13.2 Å². The summed E-state index contributed by atoms with van der Waals surface area (Å²) in [6, 6.07) is 5.80. The third-order valence-electron chi connectivity index (χ3n) is 7.39. The highest BCUT2D eigenvalue weighted by atomic mass is 19.4. The highest BCUT2D eigenvalue weighted by Crippen LogP contribution is 2.41. The molecule has 2 aliphatic rings. The molecule has 35 heavy (non-hydrogen) atoms. The molecule has 0 aromatic heterocycles. The third-order valence-corrected chi connectivity index (χ3v) is 7.39. The zero-order valence-electron chi connectivity index (χ0n) is 19.6. The molecule has 0 radical (unpaired) electrons. The molecule has 2 fully saturated rings. The van der Waals surface area contributed by atoms with Gasteiger partial charge in [-0.05, 0) is 92.0 Å². The van der Waals surface area contributed by atoms with Crippen LogP contribution in [0.3, 0.4) is 0 Å². The number of ether oxygens (including phenoxy) is 2. The molecule has 0 bridgehead atoms. The van der Waals surface area contributed by atoms with Crippen molar-refractivity contribution in [2.45, 2.75) is 76.7 Å². The smallest absolute Gasteiger partial charge is 0.399 e. The average molecular weight is 501 g/mol. The molecule has 0 spiro atoms. The zero-order valence-corrected chi connectivity index (χ0v) is 19.6. The molecule has 192 valence electrons. The van der Waals surface area contributed by atoms with Crippen molar-refractivity contribution in [3.05, 3.63) is 53.3 Å². The van der Waals surface area contributed by atoms with Crippen LogP contribution in [0.1, 0.15) is 69.8 Å². The minimum Gasteiger partial charge on any atom is -0.399 e. The first-order chi connectivity index (χ1) is 16.6. The molecule has 1 saturated heterocycles. The molecule has 0 amide bonds. The number of halogens is 6. The van der Waals surface area contributed by atoms with Crippen LogP contribution in [0.2, 0.25) is 0 Å². The molecule has 2 aromatic carbocycles. The van der Waals surface area contributed by atoms with Gasteiger partial charge >= 0.3 is 6.36 Å². The topological polar surface area (TPSA) is 18.5 Å². The maximum atomic E-state index is 14.9. The molecule has 1 saturated carbocycles. The molecule has 8 heteroatoms. The van der Waals surface area contributed by atoms with Crippen LogP contribution in [-0.4, -0.2) is 19.1 Å². The summed E-state index contributed by atoms with van der Waals surface area (Å²) in [5.74, 6) is -3.97. The van der Waals surface area contributed by atoms with Gasteiger partial charge in [-0.3, -0.25) is 0 Å². The molecule has 4 rings (SSSR count). The Bertz CT molecular complexity index is 982. The Labute approximate surface area is 201 Å². The van der Waals surface area contributed by atoms with E-state index in [2.05, 4.69) is 11.7 Å². The molecule has 1 aliphatic heterocycles. The van der Waals surface area contributed by atoms with E-state index in [0.29, 0.717) is 30.1 Å². The number of hydrogen-bond acceptors (Lipinski definition) is 2. The van der Waals surface area contributed by atoms with E-state index < -0.39 is 29.6 Å². The van der Waals surface area contributed by atoms with Crippen LogP contribution in [0.25, 0.3) is 11.1 Å². The molecular formula is C27H30F6O2. The number of hydrogen-bond donors (Lipinski definition) is 0. The van der Waals surface area contributed by atoms with Crippen molar-refractivity contribution in [3.8, 4) is 16.9 Å². The van der Waals surface area contributed by atoms with E-state index in [4.69, 9.17) is 4.74 Å². The van der Waals surface area contributed by atoms with Crippen molar-refractivity contribution in [1.82, 2.24) is 0 Å². The van der Waals surface area contributed by atoms with Crippen LogP contribution in [0.5, 0.6) is 5.75 Å². The third kappa shape index (κ3) is 6.32.